The lowest BCUT2D eigenvalue weighted by atomic mass is 10.6. The Morgan fingerprint density at radius 1 is 1.75 bits per heavy atom. The van der Waals surface area contributed by atoms with Crippen LogP contribution in [0, 0.1) is 0 Å². The van der Waals surface area contributed by atoms with Gasteiger partial charge in [-0.2, -0.15) is 0 Å². The van der Waals surface area contributed by atoms with E-state index in [9.17, 15) is 0 Å². The summed E-state index contributed by atoms with van der Waals surface area (Å²) < 4.78 is 0. The highest BCUT2D eigenvalue weighted by Gasteiger charge is 1.84. The van der Waals surface area contributed by atoms with E-state index in [0.29, 0.717) is 0 Å². The number of thiophene rings is 1. The summed E-state index contributed by atoms with van der Waals surface area (Å²) in [6, 6.07) is 4.07. The quantitative estimate of drug-likeness (QED) is 0.560. The van der Waals surface area contributed by atoms with Gasteiger partial charge in [0.25, 0.3) is 0 Å². The van der Waals surface area contributed by atoms with Crippen molar-refractivity contribution in [2.24, 2.45) is 0 Å². The molecule has 1 rings (SSSR count). The lowest BCUT2D eigenvalue weighted by Crippen LogP contribution is -1.88. The van der Waals surface area contributed by atoms with Crippen LogP contribution in [-0.4, -0.2) is 5.45 Å². The van der Waals surface area contributed by atoms with Crippen LogP contribution in [0.4, 0.5) is 5.00 Å². The fourth-order valence-electron chi connectivity index (χ4n) is 0.445. The molecule has 0 saturated heterocycles. The Morgan fingerprint density at radius 2 is 2.62 bits per heavy atom. The van der Waals surface area contributed by atoms with Crippen molar-refractivity contribution < 1.29 is 0 Å². The van der Waals surface area contributed by atoms with E-state index in [-0.39, 0.29) is 0 Å². The second-order valence-electron chi connectivity index (χ2n) is 1.29. The Bertz CT molecular complexity index is 138. The molecule has 1 aromatic heterocycles. The predicted octanol–water partition coefficient (Wildman–Crippen LogP) is 2.51. The Morgan fingerprint density at radius 3 is 3.12 bits per heavy atom. The highest BCUT2D eigenvalue weighted by molar-refractivity contribution is 9.09. The topological polar surface area (TPSA) is 12.0 Å². The van der Waals surface area contributed by atoms with Gasteiger partial charge in [0, 0.05) is 0 Å². The normalized spacial score (nSPS) is 9.12. The second-order valence-corrected chi connectivity index (χ2v) is 2.80. The van der Waals surface area contributed by atoms with Crippen molar-refractivity contribution in [1.29, 1.82) is 0 Å². The van der Waals surface area contributed by atoms with E-state index in [4.69, 9.17) is 0 Å². The monoisotopic (exact) mass is 191 g/mol. The van der Waals surface area contributed by atoms with Crippen molar-refractivity contribution >= 4 is 32.3 Å². The van der Waals surface area contributed by atoms with E-state index in [0.717, 1.165) is 5.45 Å². The summed E-state index contributed by atoms with van der Waals surface area (Å²) in [7, 11) is 0. The molecule has 0 aliphatic rings. The fourth-order valence-corrected chi connectivity index (χ4v) is 1.55. The minimum Gasteiger partial charge on any atom is -0.367 e. The summed E-state index contributed by atoms with van der Waals surface area (Å²) in [6.45, 7) is 0. The van der Waals surface area contributed by atoms with E-state index in [1.807, 2.05) is 17.5 Å². The average molecular weight is 192 g/mol. The Hall–Kier alpha value is -0.0200. The maximum atomic E-state index is 3.27. The zero-order chi connectivity index (χ0) is 5.82. The van der Waals surface area contributed by atoms with E-state index >= 15 is 0 Å². The van der Waals surface area contributed by atoms with Gasteiger partial charge in [0.1, 0.15) is 0 Å². The van der Waals surface area contributed by atoms with Crippen LogP contribution in [0.3, 0.4) is 0 Å². The minimum absolute atomic E-state index is 0.827. The lowest BCUT2D eigenvalue weighted by molar-refractivity contribution is 1.55. The van der Waals surface area contributed by atoms with Crippen LogP contribution < -0.4 is 5.32 Å². The zero-order valence-electron chi connectivity index (χ0n) is 4.23. The molecule has 0 bridgehead atoms. The third-order valence-electron chi connectivity index (χ3n) is 0.762. The number of anilines is 1. The summed E-state index contributed by atoms with van der Waals surface area (Å²) in [5.74, 6) is 0. The van der Waals surface area contributed by atoms with Gasteiger partial charge >= 0.3 is 0 Å². The molecule has 0 atom stereocenters. The summed E-state index contributed by atoms with van der Waals surface area (Å²) in [4.78, 5) is 0. The highest BCUT2D eigenvalue weighted by Crippen LogP contribution is 2.14. The number of halogens is 1. The number of alkyl halides is 1. The molecule has 1 N–H and O–H groups in total. The van der Waals surface area contributed by atoms with Crippen molar-refractivity contribution in [1.82, 2.24) is 0 Å². The minimum atomic E-state index is 0.827. The zero-order valence-corrected chi connectivity index (χ0v) is 6.63. The number of hydrogen-bond donors (Lipinski definition) is 1. The molecule has 0 fully saturated rings. The van der Waals surface area contributed by atoms with E-state index in [1.54, 1.807) is 11.3 Å². The molecule has 0 aliphatic carbocycles. The van der Waals surface area contributed by atoms with E-state index < -0.39 is 0 Å². The van der Waals surface area contributed by atoms with Crippen LogP contribution in [0.25, 0.3) is 0 Å². The van der Waals surface area contributed by atoms with E-state index in [2.05, 4.69) is 21.2 Å². The van der Waals surface area contributed by atoms with Crippen molar-refractivity contribution in [3.63, 3.8) is 0 Å². The first-order valence-electron chi connectivity index (χ1n) is 2.27. The molecule has 1 nitrogen and oxygen atoms in total. The maximum absolute atomic E-state index is 3.27. The van der Waals surface area contributed by atoms with Crippen LogP contribution in [-0.2, 0) is 0 Å². The smallest absolute Gasteiger partial charge is 0.0889 e. The van der Waals surface area contributed by atoms with Crippen LogP contribution in [0.2, 0.25) is 0 Å². The van der Waals surface area contributed by atoms with E-state index in [1.165, 1.54) is 5.00 Å². The van der Waals surface area contributed by atoms with Gasteiger partial charge in [0.15, 0.2) is 0 Å². The van der Waals surface area contributed by atoms with Crippen LogP contribution in [0.15, 0.2) is 17.5 Å². The van der Waals surface area contributed by atoms with Gasteiger partial charge in [0.2, 0.25) is 0 Å². The van der Waals surface area contributed by atoms with Crippen molar-refractivity contribution in [3.8, 4) is 0 Å². The number of rotatable bonds is 2. The molecule has 0 radical (unpaired) electrons. The Balaban J connectivity index is 2.50. The lowest BCUT2D eigenvalue weighted by Gasteiger charge is -1.92. The first-order valence-corrected chi connectivity index (χ1v) is 4.27. The molecular weight excluding hydrogens is 186 g/mol. The van der Waals surface area contributed by atoms with Crippen molar-refractivity contribution in [3.05, 3.63) is 17.5 Å². The molecule has 0 aliphatic heterocycles. The second kappa shape index (κ2) is 3.10. The third kappa shape index (κ3) is 1.49. The number of nitrogens with one attached hydrogen (secondary N) is 1. The largest absolute Gasteiger partial charge is 0.367 e. The molecule has 8 heavy (non-hydrogen) atoms. The first kappa shape index (κ1) is 6.11. The Kier molecular flexibility index (Phi) is 2.36. The molecule has 3 heteroatoms. The van der Waals surface area contributed by atoms with Crippen LogP contribution >= 0.6 is 27.3 Å². The molecule has 0 spiro atoms. The molecular formula is C5H6BrNS. The SMILES string of the molecule is BrCNc1cccs1. The highest BCUT2D eigenvalue weighted by atomic mass is 79.9. The molecule has 0 aromatic carbocycles. The fraction of sp³-hybridized carbons (Fsp3) is 0.200. The summed E-state index contributed by atoms with van der Waals surface area (Å²) >= 11 is 4.97. The molecule has 1 aromatic rings. The number of hydrogen-bond acceptors (Lipinski definition) is 2. The van der Waals surface area contributed by atoms with Crippen molar-refractivity contribution in [2.75, 3.05) is 10.8 Å². The van der Waals surface area contributed by atoms with Gasteiger partial charge in [-0.1, -0.05) is 15.9 Å². The first-order chi connectivity index (χ1) is 3.93. The molecule has 0 amide bonds. The van der Waals surface area contributed by atoms with Gasteiger partial charge in [-0.15, -0.1) is 11.3 Å². The average Bonchev–Trinajstić information content (AvgIpc) is 2.19. The van der Waals surface area contributed by atoms with Gasteiger partial charge in [-0.05, 0) is 17.5 Å². The van der Waals surface area contributed by atoms with Gasteiger partial charge in [-0.3, -0.25) is 0 Å². The summed E-state index contributed by atoms with van der Waals surface area (Å²) in [5.41, 5.74) is 0.827. The summed E-state index contributed by atoms with van der Waals surface area (Å²) in [6.07, 6.45) is 0. The standard InChI is InChI=1S/C5H6BrNS/c6-4-7-5-2-1-3-8-5/h1-3,7H,4H2. The van der Waals surface area contributed by atoms with Gasteiger partial charge < -0.3 is 5.32 Å². The van der Waals surface area contributed by atoms with Crippen molar-refractivity contribution in [2.45, 2.75) is 0 Å². The van der Waals surface area contributed by atoms with Crippen LogP contribution in [0.5, 0.6) is 0 Å². The molecule has 1 heterocycles. The third-order valence-corrected chi connectivity index (χ3v) is 1.87. The molecule has 0 saturated carbocycles. The molecule has 0 unspecified atom stereocenters. The van der Waals surface area contributed by atoms with Gasteiger partial charge in [-0.25, -0.2) is 0 Å². The predicted molar refractivity (Wildman–Crippen MR) is 41.7 cm³/mol. The van der Waals surface area contributed by atoms with Gasteiger partial charge in [0.05, 0.1) is 10.5 Å². The van der Waals surface area contributed by atoms with Crippen LogP contribution in [0.1, 0.15) is 0 Å². The maximum Gasteiger partial charge on any atom is 0.0889 e. The molecule has 44 valence electrons. The summed E-state index contributed by atoms with van der Waals surface area (Å²) in [5, 5.41) is 6.38. The Labute approximate surface area is 60.9 Å².